The van der Waals surface area contributed by atoms with E-state index in [-0.39, 0.29) is 18.2 Å². The maximum absolute atomic E-state index is 13.8. The number of nitrogens with one attached hydrogen (secondary N) is 2. The molecule has 232 valence electrons. The quantitative estimate of drug-likeness (QED) is 0.232. The lowest BCUT2D eigenvalue weighted by molar-refractivity contribution is -0.0435. The molecule has 15 heteroatoms. The number of carbonyl (C=O) groups is 1. The highest BCUT2D eigenvalue weighted by Crippen LogP contribution is 2.37. The summed E-state index contributed by atoms with van der Waals surface area (Å²) >= 11 is 1.42. The number of aliphatic hydroxyl groups excluding tert-OH is 1. The van der Waals surface area contributed by atoms with E-state index < -0.39 is 52.8 Å². The van der Waals surface area contributed by atoms with Crippen LogP contribution in [0.3, 0.4) is 0 Å². The first-order valence-electron chi connectivity index (χ1n) is 13.2. The predicted molar refractivity (Wildman–Crippen MR) is 157 cm³/mol. The smallest absolute Gasteiger partial charge is 0.395 e. The number of aliphatic hydroxyl groups is 1. The van der Waals surface area contributed by atoms with Gasteiger partial charge in [0.25, 0.3) is 25.8 Å². The first-order chi connectivity index (χ1) is 20.3. The lowest BCUT2D eigenvalue weighted by Gasteiger charge is -2.42. The Morgan fingerprint density at radius 2 is 1.65 bits per heavy atom. The molecule has 1 aliphatic heterocycles. The minimum absolute atomic E-state index is 0.0107. The SMILES string of the molecule is O=C(NS(=O)(=O)c1ccc(N[C@@H](CSc2ccccc2)CC2CCN2CCO)c(S(=O)(=O)C(F)(F)F)c1)c1ccccc1. The molecule has 3 aromatic rings. The van der Waals surface area contributed by atoms with Crippen LogP contribution < -0.4 is 10.0 Å². The average molecular weight is 658 g/mol. The van der Waals surface area contributed by atoms with Gasteiger partial charge in [0.05, 0.1) is 17.2 Å². The molecule has 1 heterocycles. The lowest BCUT2D eigenvalue weighted by atomic mass is 9.96. The Morgan fingerprint density at radius 3 is 2.23 bits per heavy atom. The molecule has 0 spiro atoms. The number of benzene rings is 3. The van der Waals surface area contributed by atoms with E-state index in [0.29, 0.717) is 24.8 Å². The van der Waals surface area contributed by atoms with Gasteiger partial charge in [-0.15, -0.1) is 11.8 Å². The zero-order valence-corrected chi connectivity index (χ0v) is 25.1. The number of hydrogen-bond donors (Lipinski definition) is 3. The molecule has 0 bridgehead atoms. The second kappa shape index (κ2) is 13.7. The highest BCUT2D eigenvalue weighted by Gasteiger charge is 2.48. The standard InChI is InChI=1S/C28H30F3N3O6S3/c29-28(30,31)42(37,38)26-18-24(43(39,40)33-27(36)20-7-3-1-4-8-20)11-12-25(26)32-21(17-22-13-14-34(22)15-16-35)19-41-23-9-5-2-6-10-23/h1-12,18,21-22,32,35H,13-17,19H2,(H,33,36)/t21-,22?/m1/s1. The van der Waals surface area contributed by atoms with Gasteiger partial charge in [-0.25, -0.2) is 21.6 Å². The second-order valence-corrected chi connectivity index (χ2v) is 14.5. The number of amides is 1. The lowest BCUT2D eigenvalue weighted by Crippen LogP contribution is -2.51. The van der Waals surface area contributed by atoms with Crippen molar-refractivity contribution in [2.75, 3.05) is 30.8 Å². The predicted octanol–water partition coefficient (Wildman–Crippen LogP) is 4.13. The van der Waals surface area contributed by atoms with E-state index in [1.54, 1.807) is 10.8 Å². The number of halogens is 3. The van der Waals surface area contributed by atoms with Gasteiger partial charge in [-0.05, 0) is 55.3 Å². The largest absolute Gasteiger partial charge is 0.501 e. The van der Waals surface area contributed by atoms with Crippen molar-refractivity contribution >= 4 is 43.2 Å². The Bertz CT molecular complexity index is 1620. The van der Waals surface area contributed by atoms with Gasteiger partial charge >= 0.3 is 5.51 Å². The fourth-order valence-corrected chi connectivity index (χ4v) is 7.57. The Kier molecular flexibility index (Phi) is 10.4. The van der Waals surface area contributed by atoms with Crippen molar-refractivity contribution in [2.45, 2.75) is 45.1 Å². The van der Waals surface area contributed by atoms with Crippen LogP contribution in [0, 0.1) is 0 Å². The van der Waals surface area contributed by atoms with Gasteiger partial charge in [0.1, 0.15) is 4.90 Å². The summed E-state index contributed by atoms with van der Waals surface area (Å²) in [5.74, 6) is -0.680. The summed E-state index contributed by atoms with van der Waals surface area (Å²) < 4.78 is 94.5. The van der Waals surface area contributed by atoms with Crippen molar-refractivity contribution in [3.63, 3.8) is 0 Å². The Labute approximate surface area is 252 Å². The van der Waals surface area contributed by atoms with Gasteiger partial charge in [0.2, 0.25) is 0 Å². The van der Waals surface area contributed by atoms with Crippen LogP contribution in [0.4, 0.5) is 18.9 Å². The number of alkyl halides is 3. The first-order valence-corrected chi connectivity index (χ1v) is 17.1. The summed E-state index contributed by atoms with van der Waals surface area (Å²) in [7, 11) is -10.8. The molecule has 1 fully saturated rings. The fraction of sp³-hybridized carbons (Fsp3) is 0.321. The minimum Gasteiger partial charge on any atom is -0.395 e. The maximum Gasteiger partial charge on any atom is 0.501 e. The number of hydrogen-bond acceptors (Lipinski definition) is 9. The molecule has 4 rings (SSSR count). The van der Waals surface area contributed by atoms with Crippen LogP contribution in [0.1, 0.15) is 23.2 Å². The molecular weight excluding hydrogens is 628 g/mol. The zero-order valence-electron chi connectivity index (χ0n) is 22.7. The van der Waals surface area contributed by atoms with Gasteiger partial charge in [0, 0.05) is 41.4 Å². The monoisotopic (exact) mass is 657 g/mol. The van der Waals surface area contributed by atoms with Gasteiger partial charge in [0.15, 0.2) is 0 Å². The molecule has 1 amide bonds. The Hall–Kier alpha value is -3.11. The first kappa shape index (κ1) is 32.8. The van der Waals surface area contributed by atoms with E-state index >= 15 is 0 Å². The van der Waals surface area contributed by atoms with Crippen LogP contribution in [0.25, 0.3) is 0 Å². The zero-order chi connectivity index (χ0) is 31.3. The molecule has 43 heavy (non-hydrogen) atoms. The van der Waals surface area contributed by atoms with E-state index in [1.807, 2.05) is 35.2 Å². The number of β-amino-alcohol motifs (C(OH)–C–C–N with tert-alkyl or cyclic N) is 1. The van der Waals surface area contributed by atoms with Gasteiger partial charge in [-0.1, -0.05) is 36.4 Å². The van der Waals surface area contributed by atoms with Crippen molar-refractivity contribution in [3.05, 3.63) is 84.4 Å². The van der Waals surface area contributed by atoms with E-state index in [0.717, 1.165) is 30.0 Å². The molecular formula is C28H30F3N3O6S3. The molecule has 0 aromatic heterocycles. The summed E-state index contributed by atoms with van der Waals surface area (Å²) in [6.07, 6.45) is 1.22. The van der Waals surface area contributed by atoms with Crippen molar-refractivity contribution in [3.8, 4) is 0 Å². The molecule has 1 saturated heterocycles. The normalized spacial score (nSPS) is 16.7. The number of nitrogens with zero attached hydrogens (tertiary/aromatic N) is 1. The third-order valence-corrected chi connectivity index (χ3v) is 10.9. The summed E-state index contributed by atoms with van der Waals surface area (Å²) in [6, 6.07) is 18.3. The van der Waals surface area contributed by atoms with Crippen LogP contribution in [0.5, 0.6) is 0 Å². The number of likely N-dealkylation sites (tertiary alicyclic amines) is 1. The number of thioether (sulfide) groups is 1. The van der Waals surface area contributed by atoms with Crippen molar-refractivity contribution < 1.29 is 39.9 Å². The minimum atomic E-state index is -6.01. The third-order valence-electron chi connectivity index (χ3n) is 6.88. The molecule has 3 N–H and O–H groups in total. The molecule has 0 aliphatic carbocycles. The third kappa shape index (κ3) is 8.09. The number of sulfone groups is 1. The van der Waals surface area contributed by atoms with Crippen LogP contribution in [0.15, 0.2) is 93.5 Å². The molecule has 0 radical (unpaired) electrons. The Morgan fingerprint density at radius 1 is 1.00 bits per heavy atom. The maximum atomic E-state index is 13.8. The number of anilines is 1. The molecule has 9 nitrogen and oxygen atoms in total. The summed E-state index contributed by atoms with van der Waals surface area (Å²) in [5, 5.41) is 12.3. The summed E-state index contributed by atoms with van der Waals surface area (Å²) in [6.45, 7) is 1.12. The van der Waals surface area contributed by atoms with E-state index in [2.05, 4.69) is 5.32 Å². The highest BCUT2D eigenvalue weighted by atomic mass is 32.2. The van der Waals surface area contributed by atoms with E-state index in [4.69, 9.17) is 0 Å². The fourth-order valence-electron chi connectivity index (χ4n) is 4.58. The van der Waals surface area contributed by atoms with Crippen LogP contribution in [0.2, 0.25) is 0 Å². The number of rotatable bonds is 13. The van der Waals surface area contributed by atoms with E-state index in [9.17, 15) is 39.9 Å². The molecule has 3 aromatic carbocycles. The van der Waals surface area contributed by atoms with Crippen LogP contribution in [-0.2, 0) is 19.9 Å². The van der Waals surface area contributed by atoms with Crippen molar-refractivity contribution in [1.82, 2.24) is 9.62 Å². The summed E-state index contributed by atoms with van der Waals surface area (Å²) in [4.78, 5) is 13.3. The van der Waals surface area contributed by atoms with Gasteiger partial charge < -0.3 is 10.4 Å². The average Bonchev–Trinajstić information content (AvgIpc) is 2.96. The number of sulfonamides is 1. The van der Waals surface area contributed by atoms with Gasteiger partial charge in [-0.2, -0.15) is 13.2 Å². The van der Waals surface area contributed by atoms with Gasteiger partial charge in [-0.3, -0.25) is 9.69 Å². The summed E-state index contributed by atoms with van der Waals surface area (Å²) in [5.41, 5.74) is -6.16. The second-order valence-electron chi connectivity index (χ2n) is 9.81. The van der Waals surface area contributed by atoms with Crippen LogP contribution >= 0.6 is 11.8 Å². The molecule has 1 aliphatic rings. The number of carbonyl (C=O) groups excluding carboxylic acids is 1. The van der Waals surface area contributed by atoms with Crippen molar-refractivity contribution in [1.29, 1.82) is 0 Å². The van der Waals surface area contributed by atoms with E-state index in [1.165, 1.54) is 36.0 Å². The molecule has 0 saturated carbocycles. The molecule has 1 unspecified atom stereocenters. The van der Waals surface area contributed by atoms with Crippen LogP contribution in [-0.4, -0.2) is 75.8 Å². The molecule has 2 atom stereocenters. The highest BCUT2D eigenvalue weighted by molar-refractivity contribution is 7.99. The Balaban J connectivity index is 1.67. The topological polar surface area (TPSA) is 133 Å². The van der Waals surface area contributed by atoms with Crippen molar-refractivity contribution in [2.24, 2.45) is 0 Å².